The van der Waals surface area contributed by atoms with Crippen LogP contribution in [0.25, 0.3) is 11.6 Å². The van der Waals surface area contributed by atoms with E-state index in [4.69, 9.17) is 10.4 Å². The highest BCUT2D eigenvalue weighted by atomic mass is 32.1. The van der Waals surface area contributed by atoms with E-state index >= 15 is 0 Å². The van der Waals surface area contributed by atoms with E-state index in [1.54, 1.807) is 23.5 Å². The van der Waals surface area contributed by atoms with E-state index < -0.39 is 5.97 Å². The van der Waals surface area contributed by atoms with Crippen molar-refractivity contribution in [2.24, 2.45) is 0 Å². The molecule has 0 saturated heterocycles. The van der Waals surface area contributed by atoms with Gasteiger partial charge in [-0.3, -0.25) is 0 Å². The first-order valence-electron chi connectivity index (χ1n) is 7.81. The number of carboxylic acid groups (broad SMARTS) is 1. The Morgan fingerprint density at radius 2 is 1.69 bits per heavy atom. The van der Waals surface area contributed by atoms with Gasteiger partial charge in [0.2, 0.25) is 0 Å². The second-order valence-corrected chi connectivity index (χ2v) is 7.99. The summed E-state index contributed by atoms with van der Waals surface area (Å²) in [4.78, 5) is 13.2. The minimum absolute atomic E-state index is 0.217. The third kappa shape index (κ3) is 3.85. The van der Waals surface area contributed by atoms with Gasteiger partial charge in [-0.25, -0.2) is 4.79 Å². The van der Waals surface area contributed by atoms with Crippen LogP contribution in [0.1, 0.15) is 5.56 Å². The molecule has 3 rings (SSSR count). The lowest BCUT2D eigenvalue weighted by Crippen LogP contribution is -2.08. The van der Waals surface area contributed by atoms with Crippen LogP contribution in [-0.2, 0) is 4.79 Å². The van der Waals surface area contributed by atoms with Crippen LogP contribution in [-0.4, -0.2) is 25.2 Å². The molecule has 0 saturated carbocycles. The summed E-state index contributed by atoms with van der Waals surface area (Å²) >= 11 is 2.96. The van der Waals surface area contributed by atoms with Crippen molar-refractivity contribution in [3.63, 3.8) is 0 Å². The van der Waals surface area contributed by atoms with Crippen LogP contribution in [0.15, 0.2) is 48.5 Å². The van der Waals surface area contributed by atoms with Crippen LogP contribution in [0.2, 0.25) is 0 Å². The number of carboxylic acids is 1. The third-order valence-electron chi connectivity index (χ3n) is 3.77. The minimum Gasteiger partial charge on any atom is -0.477 e. The fraction of sp³-hybridized carbons (Fsp3) is 0.100. The van der Waals surface area contributed by atoms with Gasteiger partial charge in [0.1, 0.15) is 6.07 Å². The summed E-state index contributed by atoms with van der Waals surface area (Å²) in [7, 11) is 4.03. The smallest absolute Gasteiger partial charge is 0.347 e. The van der Waals surface area contributed by atoms with Gasteiger partial charge in [-0.15, -0.1) is 22.7 Å². The summed E-state index contributed by atoms with van der Waals surface area (Å²) in [6.45, 7) is 0. The summed E-state index contributed by atoms with van der Waals surface area (Å²) in [6.07, 6.45) is 2.12. The summed E-state index contributed by atoms with van der Waals surface area (Å²) in [5, 5.41) is 18.1. The first-order valence-corrected chi connectivity index (χ1v) is 9.44. The molecule has 1 aromatic carbocycles. The molecule has 0 aliphatic rings. The fourth-order valence-electron chi connectivity index (χ4n) is 2.41. The number of hydrogen-bond donors (Lipinski definition) is 1. The Labute approximate surface area is 158 Å². The van der Waals surface area contributed by atoms with Crippen molar-refractivity contribution in [3.05, 3.63) is 72.2 Å². The van der Waals surface area contributed by atoms with Crippen LogP contribution in [0.4, 0.5) is 5.69 Å². The molecule has 130 valence electrons. The van der Waals surface area contributed by atoms with Crippen LogP contribution in [0.5, 0.6) is 0 Å². The van der Waals surface area contributed by atoms with E-state index in [1.807, 2.05) is 32.3 Å². The highest BCUT2D eigenvalue weighted by Crippen LogP contribution is 2.13. The second kappa shape index (κ2) is 7.56. The lowest BCUT2D eigenvalue weighted by molar-refractivity contribution is -0.130. The molecule has 2 heterocycles. The predicted molar refractivity (Wildman–Crippen MR) is 107 cm³/mol. The Morgan fingerprint density at radius 3 is 2.31 bits per heavy atom. The van der Waals surface area contributed by atoms with Gasteiger partial charge in [0.05, 0.1) is 4.53 Å². The largest absolute Gasteiger partial charge is 0.477 e. The number of benzene rings is 1. The van der Waals surface area contributed by atoms with Crippen molar-refractivity contribution in [2.45, 2.75) is 0 Å². The van der Waals surface area contributed by atoms with Crippen LogP contribution < -0.4 is 14.0 Å². The van der Waals surface area contributed by atoms with Crippen molar-refractivity contribution in [1.29, 1.82) is 5.26 Å². The van der Waals surface area contributed by atoms with Gasteiger partial charge in [-0.1, -0.05) is 12.1 Å². The Hall–Kier alpha value is -2.88. The molecule has 2 aromatic heterocycles. The quantitative estimate of drug-likeness (QED) is 0.759. The molecule has 0 radical (unpaired) electrons. The maximum atomic E-state index is 11.1. The zero-order valence-corrected chi connectivity index (χ0v) is 15.9. The molecule has 0 atom stereocenters. The Balaban J connectivity index is 2.05. The van der Waals surface area contributed by atoms with E-state index in [-0.39, 0.29) is 5.57 Å². The van der Waals surface area contributed by atoms with Crippen molar-refractivity contribution >= 4 is 46.0 Å². The van der Waals surface area contributed by atoms with E-state index in [1.165, 1.54) is 11.3 Å². The molecular weight excluding hydrogens is 364 g/mol. The number of aliphatic carboxylic acids is 1. The normalized spacial score (nSPS) is 14.0. The zero-order valence-electron chi connectivity index (χ0n) is 14.3. The summed E-state index contributed by atoms with van der Waals surface area (Å²) in [5.41, 5.74) is 2.07. The number of carbonyl (C=O) groups is 1. The lowest BCUT2D eigenvalue weighted by atomic mass is 10.2. The number of nitrogens with zero attached hydrogens (tertiary/aromatic N) is 2. The van der Waals surface area contributed by atoms with Gasteiger partial charge in [0, 0.05) is 33.4 Å². The first kappa shape index (κ1) is 17.9. The van der Waals surface area contributed by atoms with Gasteiger partial charge in [0.15, 0.2) is 5.57 Å². The minimum atomic E-state index is -1.19. The molecule has 0 unspecified atom stereocenters. The van der Waals surface area contributed by atoms with Gasteiger partial charge < -0.3 is 10.0 Å². The Bertz CT molecular complexity index is 1200. The highest BCUT2D eigenvalue weighted by Gasteiger charge is 2.07. The maximum Gasteiger partial charge on any atom is 0.347 e. The van der Waals surface area contributed by atoms with Gasteiger partial charge in [-0.05, 0) is 48.0 Å². The molecule has 0 bridgehead atoms. The molecule has 26 heavy (non-hydrogen) atoms. The summed E-state index contributed by atoms with van der Waals surface area (Å²) in [6, 6.07) is 17.7. The predicted octanol–water partition coefficient (Wildman–Crippen LogP) is 2.75. The fourth-order valence-corrected chi connectivity index (χ4v) is 4.46. The average Bonchev–Trinajstić information content (AvgIpc) is 3.25. The van der Waals surface area contributed by atoms with Gasteiger partial charge in [-0.2, -0.15) is 5.26 Å². The topological polar surface area (TPSA) is 64.3 Å². The summed E-state index contributed by atoms with van der Waals surface area (Å²) in [5.74, 6) is -1.19. The van der Waals surface area contributed by atoms with Crippen molar-refractivity contribution in [3.8, 4) is 6.07 Å². The number of nitriles is 1. The summed E-state index contributed by atoms with van der Waals surface area (Å²) < 4.78 is 3.62. The molecule has 0 aliphatic carbocycles. The molecular formula is C20H16N2O2S2. The average molecular weight is 380 g/mol. The van der Waals surface area contributed by atoms with Crippen LogP contribution >= 0.6 is 22.7 Å². The number of thiophene rings is 2. The number of hydrogen-bond acceptors (Lipinski definition) is 5. The zero-order chi connectivity index (χ0) is 18.7. The van der Waals surface area contributed by atoms with Crippen molar-refractivity contribution in [1.82, 2.24) is 0 Å². The molecule has 0 fully saturated rings. The molecule has 0 amide bonds. The standard InChI is InChI=1S/C20H16N2O2S2/c1-22(2)14-5-3-13(4-6-14)11-15-7-8-18(25-15)19-10-9-17(26-19)16(12-21)20(23)24/h3-11H,1-2H3,(H,23,24)/b15-11-,17-16-,19-18-. The maximum absolute atomic E-state index is 11.1. The Kier molecular flexibility index (Phi) is 5.21. The monoisotopic (exact) mass is 380 g/mol. The van der Waals surface area contributed by atoms with Gasteiger partial charge in [0.25, 0.3) is 0 Å². The van der Waals surface area contributed by atoms with E-state index in [0.717, 1.165) is 24.8 Å². The van der Waals surface area contributed by atoms with E-state index in [0.29, 0.717) is 4.53 Å². The van der Waals surface area contributed by atoms with E-state index in [9.17, 15) is 4.79 Å². The van der Waals surface area contributed by atoms with Crippen LogP contribution in [0, 0.1) is 20.4 Å². The number of anilines is 1. The number of rotatable bonds is 3. The van der Waals surface area contributed by atoms with Crippen molar-refractivity contribution in [2.75, 3.05) is 19.0 Å². The molecule has 6 heteroatoms. The molecule has 4 nitrogen and oxygen atoms in total. The van der Waals surface area contributed by atoms with Crippen LogP contribution in [0.3, 0.4) is 0 Å². The van der Waals surface area contributed by atoms with E-state index in [2.05, 4.69) is 35.2 Å². The first-order chi connectivity index (χ1) is 12.5. The second-order valence-electron chi connectivity index (χ2n) is 5.79. The molecule has 3 aromatic rings. The molecule has 0 aliphatic heterocycles. The lowest BCUT2D eigenvalue weighted by Gasteiger charge is -2.11. The SMILES string of the molecule is CN(C)c1ccc(/C=c2/cc/c(=c3\cc/c(=C(\C#N)C(=O)O)s3)s2)cc1. The third-order valence-corrected chi connectivity index (χ3v) is 6.10. The highest BCUT2D eigenvalue weighted by molar-refractivity contribution is 7.11. The molecule has 1 N–H and O–H groups in total. The Morgan fingerprint density at radius 1 is 1.04 bits per heavy atom. The molecule has 0 spiro atoms. The van der Waals surface area contributed by atoms with Gasteiger partial charge >= 0.3 is 5.97 Å². The van der Waals surface area contributed by atoms with Crippen molar-refractivity contribution < 1.29 is 9.90 Å².